The van der Waals surface area contributed by atoms with Gasteiger partial charge in [0.1, 0.15) is 0 Å². The van der Waals surface area contributed by atoms with Crippen molar-refractivity contribution in [1.29, 1.82) is 0 Å². The van der Waals surface area contributed by atoms with Gasteiger partial charge < -0.3 is 5.32 Å². The van der Waals surface area contributed by atoms with Crippen LogP contribution in [0.5, 0.6) is 0 Å². The highest BCUT2D eigenvalue weighted by Gasteiger charge is 2.04. The Kier molecular flexibility index (Phi) is 5.57. The molecule has 1 heteroatoms. The molecule has 0 aromatic heterocycles. The summed E-state index contributed by atoms with van der Waals surface area (Å²) in [6.45, 7) is 7.24. The van der Waals surface area contributed by atoms with Gasteiger partial charge in [-0.1, -0.05) is 67.2 Å². The first-order chi connectivity index (χ1) is 9.75. The van der Waals surface area contributed by atoms with Crippen molar-refractivity contribution in [3.05, 3.63) is 78.4 Å². The molecular formula is C19H23N. The maximum Gasteiger partial charge on any atom is 0.0208 e. The molecule has 104 valence electrons. The molecule has 2 rings (SSSR count). The second-order valence-electron chi connectivity index (χ2n) is 5.28. The molecule has 0 aliphatic heterocycles. The number of aryl methyl sites for hydroxylation is 1. The SMILES string of the molecule is C=C(CNC(C)CCc1ccccc1)c1ccccc1. The summed E-state index contributed by atoms with van der Waals surface area (Å²) in [4.78, 5) is 0. The van der Waals surface area contributed by atoms with E-state index in [0.717, 1.165) is 25.0 Å². The van der Waals surface area contributed by atoms with Gasteiger partial charge in [0.15, 0.2) is 0 Å². The van der Waals surface area contributed by atoms with Crippen molar-refractivity contribution in [1.82, 2.24) is 5.32 Å². The molecule has 0 saturated heterocycles. The fraction of sp³-hybridized carbons (Fsp3) is 0.263. The summed E-state index contributed by atoms with van der Waals surface area (Å²) < 4.78 is 0. The Labute approximate surface area is 122 Å². The van der Waals surface area contributed by atoms with Gasteiger partial charge in [0.25, 0.3) is 0 Å². The Morgan fingerprint density at radius 1 is 1.00 bits per heavy atom. The Hall–Kier alpha value is -1.86. The fourth-order valence-corrected chi connectivity index (χ4v) is 2.20. The van der Waals surface area contributed by atoms with Crippen LogP contribution in [0.4, 0.5) is 0 Å². The molecular weight excluding hydrogens is 242 g/mol. The maximum atomic E-state index is 4.15. The van der Waals surface area contributed by atoms with Gasteiger partial charge in [-0.05, 0) is 36.5 Å². The van der Waals surface area contributed by atoms with Crippen molar-refractivity contribution in [2.45, 2.75) is 25.8 Å². The standard InChI is InChI=1S/C19H23N/c1-16(19-11-7-4-8-12-19)15-20-17(2)13-14-18-9-5-3-6-10-18/h3-12,17,20H,1,13-15H2,2H3. The number of hydrogen-bond acceptors (Lipinski definition) is 1. The summed E-state index contributed by atoms with van der Waals surface area (Å²) in [5, 5.41) is 3.55. The van der Waals surface area contributed by atoms with Crippen LogP contribution in [0, 0.1) is 0 Å². The van der Waals surface area contributed by atoms with Crippen molar-refractivity contribution in [3.63, 3.8) is 0 Å². The molecule has 0 heterocycles. The quantitative estimate of drug-likeness (QED) is 0.786. The minimum absolute atomic E-state index is 0.496. The minimum Gasteiger partial charge on any atom is -0.310 e. The van der Waals surface area contributed by atoms with Gasteiger partial charge in [-0.3, -0.25) is 0 Å². The molecule has 0 aliphatic rings. The third-order valence-corrected chi connectivity index (χ3v) is 3.55. The predicted octanol–water partition coefficient (Wildman–Crippen LogP) is 4.31. The highest BCUT2D eigenvalue weighted by atomic mass is 14.9. The molecule has 1 N–H and O–H groups in total. The third kappa shape index (κ3) is 4.67. The van der Waals surface area contributed by atoms with E-state index in [4.69, 9.17) is 0 Å². The zero-order valence-corrected chi connectivity index (χ0v) is 12.2. The predicted molar refractivity (Wildman–Crippen MR) is 87.7 cm³/mol. The lowest BCUT2D eigenvalue weighted by atomic mass is 10.0. The number of rotatable bonds is 7. The summed E-state index contributed by atoms with van der Waals surface area (Å²) >= 11 is 0. The van der Waals surface area contributed by atoms with Crippen LogP contribution in [0.15, 0.2) is 67.2 Å². The molecule has 0 fully saturated rings. The Balaban J connectivity index is 1.73. The molecule has 0 bridgehead atoms. The van der Waals surface area contributed by atoms with E-state index >= 15 is 0 Å². The van der Waals surface area contributed by atoms with E-state index in [0.29, 0.717) is 6.04 Å². The smallest absolute Gasteiger partial charge is 0.0208 e. The van der Waals surface area contributed by atoms with Gasteiger partial charge >= 0.3 is 0 Å². The van der Waals surface area contributed by atoms with E-state index in [2.05, 4.69) is 73.4 Å². The molecule has 1 atom stereocenters. The lowest BCUT2D eigenvalue weighted by Crippen LogP contribution is -2.27. The van der Waals surface area contributed by atoms with Crippen molar-refractivity contribution < 1.29 is 0 Å². The van der Waals surface area contributed by atoms with Crippen molar-refractivity contribution in [2.24, 2.45) is 0 Å². The summed E-state index contributed by atoms with van der Waals surface area (Å²) in [6, 6.07) is 21.5. The Morgan fingerprint density at radius 2 is 1.60 bits per heavy atom. The molecule has 0 aliphatic carbocycles. The first-order valence-electron chi connectivity index (χ1n) is 7.26. The van der Waals surface area contributed by atoms with Crippen LogP contribution in [0.25, 0.3) is 5.57 Å². The molecule has 0 radical (unpaired) electrons. The van der Waals surface area contributed by atoms with Gasteiger partial charge in [-0.15, -0.1) is 0 Å². The third-order valence-electron chi connectivity index (χ3n) is 3.55. The van der Waals surface area contributed by atoms with Crippen LogP contribution in [0.3, 0.4) is 0 Å². The van der Waals surface area contributed by atoms with Crippen molar-refractivity contribution >= 4 is 5.57 Å². The fourth-order valence-electron chi connectivity index (χ4n) is 2.20. The first kappa shape index (κ1) is 14.5. The number of hydrogen-bond donors (Lipinski definition) is 1. The first-order valence-corrected chi connectivity index (χ1v) is 7.26. The maximum absolute atomic E-state index is 4.15. The van der Waals surface area contributed by atoms with E-state index in [1.54, 1.807) is 0 Å². The number of nitrogens with one attached hydrogen (secondary N) is 1. The molecule has 0 saturated carbocycles. The highest BCUT2D eigenvalue weighted by molar-refractivity contribution is 5.64. The Morgan fingerprint density at radius 3 is 2.25 bits per heavy atom. The van der Waals surface area contributed by atoms with E-state index in [-0.39, 0.29) is 0 Å². The molecule has 0 spiro atoms. The molecule has 2 aromatic rings. The van der Waals surface area contributed by atoms with Gasteiger partial charge in [-0.25, -0.2) is 0 Å². The zero-order chi connectivity index (χ0) is 14.2. The van der Waals surface area contributed by atoms with Gasteiger partial charge in [-0.2, -0.15) is 0 Å². The summed E-state index contributed by atoms with van der Waals surface area (Å²) in [7, 11) is 0. The lowest BCUT2D eigenvalue weighted by molar-refractivity contribution is 0.546. The molecule has 1 nitrogen and oxygen atoms in total. The largest absolute Gasteiger partial charge is 0.310 e. The van der Waals surface area contributed by atoms with E-state index in [1.807, 2.05) is 6.07 Å². The highest BCUT2D eigenvalue weighted by Crippen LogP contribution is 2.11. The van der Waals surface area contributed by atoms with Crippen LogP contribution in [0.2, 0.25) is 0 Å². The van der Waals surface area contributed by atoms with Crippen LogP contribution in [0.1, 0.15) is 24.5 Å². The average Bonchev–Trinajstić information content (AvgIpc) is 2.52. The summed E-state index contributed by atoms with van der Waals surface area (Å²) in [5.74, 6) is 0. The van der Waals surface area contributed by atoms with E-state index in [9.17, 15) is 0 Å². The Bertz CT molecular complexity index is 516. The van der Waals surface area contributed by atoms with Gasteiger partial charge in [0.05, 0.1) is 0 Å². The summed E-state index contributed by atoms with van der Waals surface area (Å²) in [5.41, 5.74) is 3.77. The minimum atomic E-state index is 0.496. The summed E-state index contributed by atoms with van der Waals surface area (Å²) in [6.07, 6.45) is 2.26. The second kappa shape index (κ2) is 7.66. The van der Waals surface area contributed by atoms with Crippen molar-refractivity contribution in [2.75, 3.05) is 6.54 Å². The van der Waals surface area contributed by atoms with E-state index < -0.39 is 0 Å². The normalized spacial score (nSPS) is 12.1. The molecule has 20 heavy (non-hydrogen) atoms. The van der Waals surface area contributed by atoms with Crippen molar-refractivity contribution in [3.8, 4) is 0 Å². The monoisotopic (exact) mass is 265 g/mol. The van der Waals surface area contributed by atoms with Crippen LogP contribution in [-0.4, -0.2) is 12.6 Å². The average molecular weight is 265 g/mol. The second-order valence-corrected chi connectivity index (χ2v) is 5.28. The lowest BCUT2D eigenvalue weighted by Gasteiger charge is -2.15. The molecule has 1 unspecified atom stereocenters. The van der Waals surface area contributed by atoms with Gasteiger partial charge in [0.2, 0.25) is 0 Å². The van der Waals surface area contributed by atoms with Crippen LogP contribution >= 0.6 is 0 Å². The van der Waals surface area contributed by atoms with Crippen LogP contribution in [-0.2, 0) is 6.42 Å². The van der Waals surface area contributed by atoms with Crippen LogP contribution < -0.4 is 5.32 Å². The molecule has 0 amide bonds. The zero-order valence-electron chi connectivity index (χ0n) is 12.2. The topological polar surface area (TPSA) is 12.0 Å². The van der Waals surface area contributed by atoms with E-state index in [1.165, 1.54) is 11.1 Å². The number of benzene rings is 2. The molecule has 2 aromatic carbocycles. The van der Waals surface area contributed by atoms with Gasteiger partial charge in [0, 0.05) is 12.6 Å².